The lowest BCUT2D eigenvalue weighted by atomic mass is 10.1. The first-order valence-electron chi connectivity index (χ1n) is 6.65. The number of hydrogen-bond donors (Lipinski definition) is 1. The van der Waals surface area contributed by atoms with Crippen LogP contribution in [0.5, 0.6) is 0 Å². The number of benzene rings is 1. The van der Waals surface area contributed by atoms with E-state index in [4.69, 9.17) is 5.73 Å². The number of thiazole rings is 1. The van der Waals surface area contributed by atoms with Crippen LogP contribution in [-0.4, -0.2) is 35.4 Å². The second kappa shape index (κ2) is 7.17. The van der Waals surface area contributed by atoms with Crippen LogP contribution >= 0.6 is 11.3 Å². The number of aryl methyl sites for hydroxylation is 1. The minimum atomic E-state index is 0.0337. The highest BCUT2D eigenvalue weighted by molar-refractivity contribution is 7.11. The van der Waals surface area contributed by atoms with Gasteiger partial charge < -0.3 is 10.6 Å². The molecule has 0 unspecified atom stereocenters. The molecule has 5 heteroatoms. The zero-order valence-electron chi connectivity index (χ0n) is 11.6. The second-order valence-electron chi connectivity index (χ2n) is 4.58. The molecule has 0 aliphatic rings. The first-order valence-corrected chi connectivity index (χ1v) is 7.53. The summed E-state index contributed by atoms with van der Waals surface area (Å²) in [4.78, 5) is 19.1. The molecule has 1 heterocycles. The van der Waals surface area contributed by atoms with Gasteiger partial charge in [-0.2, -0.15) is 0 Å². The smallest absolute Gasteiger partial charge is 0.265 e. The lowest BCUT2D eigenvalue weighted by Gasteiger charge is -2.21. The van der Waals surface area contributed by atoms with Gasteiger partial charge in [-0.25, -0.2) is 4.98 Å². The molecule has 0 saturated carbocycles. The average molecular weight is 289 g/mol. The van der Waals surface area contributed by atoms with Gasteiger partial charge in [-0.05, 0) is 18.9 Å². The molecular weight excluding hydrogens is 270 g/mol. The maximum atomic E-state index is 12.5. The van der Waals surface area contributed by atoms with Gasteiger partial charge in [0, 0.05) is 19.6 Å². The summed E-state index contributed by atoms with van der Waals surface area (Å²) in [7, 11) is 0. The summed E-state index contributed by atoms with van der Waals surface area (Å²) in [6, 6.07) is 10.2. The minimum absolute atomic E-state index is 0.0337. The van der Waals surface area contributed by atoms with Crippen molar-refractivity contribution in [3.8, 4) is 0 Å². The Labute approximate surface area is 123 Å². The average Bonchev–Trinajstić information content (AvgIpc) is 2.90. The van der Waals surface area contributed by atoms with E-state index in [0.717, 1.165) is 12.1 Å². The molecule has 2 rings (SSSR count). The highest BCUT2D eigenvalue weighted by Crippen LogP contribution is 2.15. The Morgan fingerprint density at radius 1 is 1.30 bits per heavy atom. The maximum Gasteiger partial charge on any atom is 0.265 e. The van der Waals surface area contributed by atoms with Crippen molar-refractivity contribution < 1.29 is 4.79 Å². The van der Waals surface area contributed by atoms with E-state index in [0.29, 0.717) is 24.5 Å². The number of nitrogens with zero attached hydrogens (tertiary/aromatic N) is 2. The van der Waals surface area contributed by atoms with E-state index in [-0.39, 0.29) is 5.91 Å². The van der Waals surface area contributed by atoms with Crippen molar-refractivity contribution in [3.63, 3.8) is 0 Å². The molecule has 2 aromatic rings. The molecule has 0 aliphatic carbocycles. The SMILES string of the molecule is Cc1ncsc1C(=O)N(CCN)CCc1ccccc1. The summed E-state index contributed by atoms with van der Waals surface area (Å²) in [6.45, 7) is 3.58. The quantitative estimate of drug-likeness (QED) is 0.886. The van der Waals surface area contributed by atoms with Gasteiger partial charge in [-0.3, -0.25) is 4.79 Å². The number of nitrogens with two attached hydrogens (primary N) is 1. The third kappa shape index (κ3) is 3.65. The van der Waals surface area contributed by atoms with E-state index in [1.54, 1.807) is 5.51 Å². The molecule has 0 spiro atoms. The van der Waals surface area contributed by atoms with Gasteiger partial charge in [0.25, 0.3) is 5.91 Å². The van der Waals surface area contributed by atoms with Crippen molar-refractivity contribution in [1.29, 1.82) is 0 Å². The van der Waals surface area contributed by atoms with Crippen LogP contribution in [0, 0.1) is 6.92 Å². The summed E-state index contributed by atoms with van der Waals surface area (Å²) >= 11 is 1.39. The van der Waals surface area contributed by atoms with Crippen molar-refractivity contribution in [3.05, 3.63) is 52.0 Å². The maximum absolute atomic E-state index is 12.5. The molecule has 0 aliphatic heterocycles. The van der Waals surface area contributed by atoms with Crippen molar-refractivity contribution in [2.45, 2.75) is 13.3 Å². The third-order valence-electron chi connectivity index (χ3n) is 3.14. The molecule has 1 amide bonds. The fourth-order valence-corrected chi connectivity index (χ4v) is 2.80. The van der Waals surface area contributed by atoms with Crippen molar-refractivity contribution in [1.82, 2.24) is 9.88 Å². The highest BCUT2D eigenvalue weighted by Gasteiger charge is 2.18. The summed E-state index contributed by atoms with van der Waals surface area (Å²) in [6.07, 6.45) is 0.838. The van der Waals surface area contributed by atoms with E-state index in [1.165, 1.54) is 16.9 Å². The molecule has 106 valence electrons. The molecule has 0 atom stereocenters. The van der Waals surface area contributed by atoms with Gasteiger partial charge in [0.2, 0.25) is 0 Å². The van der Waals surface area contributed by atoms with Crippen LogP contribution in [0.15, 0.2) is 35.8 Å². The Bertz CT molecular complexity index is 553. The zero-order valence-corrected chi connectivity index (χ0v) is 12.4. The molecule has 0 saturated heterocycles. The molecule has 0 bridgehead atoms. The number of carbonyl (C=O) groups is 1. The largest absolute Gasteiger partial charge is 0.336 e. The lowest BCUT2D eigenvalue weighted by Crippen LogP contribution is -2.36. The Morgan fingerprint density at radius 2 is 2.05 bits per heavy atom. The van der Waals surface area contributed by atoms with Gasteiger partial charge in [0.1, 0.15) is 4.88 Å². The van der Waals surface area contributed by atoms with Crippen molar-refractivity contribution >= 4 is 17.2 Å². The zero-order chi connectivity index (χ0) is 14.4. The van der Waals surface area contributed by atoms with E-state index in [1.807, 2.05) is 30.0 Å². The number of aromatic nitrogens is 1. The predicted octanol–water partition coefficient (Wildman–Crippen LogP) is 2.10. The first kappa shape index (κ1) is 14.7. The van der Waals surface area contributed by atoms with Crippen molar-refractivity contribution in [2.24, 2.45) is 5.73 Å². The van der Waals surface area contributed by atoms with Gasteiger partial charge in [0.05, 0.1) is 11.2 Å². The highest BCUT2D eigenvalue weighted by atomic mass is 32.1. The van der Waals surface area contributed by atoms with Gasteiger partial charge in [-0.15, -0.1) is 11.3 Å². The van der Waals surface area contributed by atoms with Gasteiger partial charge >= 0.3 is 0 Å². The molecule has 20 heavy (non-hydrogen) atoms. The third-order valence-corrected chi connectivity index (χ3v) is 4.06. The van der Waals surface area contributed by atoms with Gasteiger partial charge in [0.15, 0.2) is 0 Å². The van der Waals surface area contributed by atoms with Crippen LogP contribution in [0.3, 0.4) is 0 Å². The first-order chi connectivity index (χ1) is 9.72. The number of carbonyl (C=O) groups excluding carboxylic acids is 1. The Balaban J connectivity index is 2.03. The molecule has 1 aromatic carbocycles. The summed E-state index contributed by atoms with van der Waals surface area (Å²) in [5.41, 5.74) is 9.35. The number of hydrogen-bond acceptors (Lipinski definition) is 4. The standard InChI is InChI=1S/C15H19N3OS/c1-12-14(20-11-17-12)15(19)18(10-8-16)9-7-13-5-3-2-4-6-13/h2-6,11H,7-10,16H2,1H3. The topological polar surface area (TPSA) is 59.2 Å². The molecule has 0 fully saturated rings. The molecule has 4 nitrogen and oxygen atoms in total. The second-order valence-corrected chi connectivity index (χ2v) is 5.44. The van der Waals surface area contributed by atoms with Crippen LogP contribution in [0.25, 0.3) is 0 Å². The number of rotatable bonds is 6. The predicted molar refractivity (Wildman–Crippen MR) is 82.0 cm³/mol. The van der Waals surface area contributed by atoms with Crippen LogP contribution in [-0.2, 0) is 6.42 Å². The summed E-state index contributed by atoms with van der Waals surface area (Å²) < 4.78 is 0. The van der Waals surface area contributed by atoms with Crippen LogP contribution in [0.1, 0.15) is 20.9 Å². The Morgan fingerprint density at radius 3 is 2.65 bits per heavy atom. The number of amides is 1. The summed E-state index contributed by atoms with van der Waals surface area (Å²) in [5.74, 6) is 0.0337. The lowest BCUT2D eigenvalue weighted by molar-refractivity contribution is 0.0766. The van der Waals surface area contributed by atoms with Gasteiger partial charge in [-0.1, -0.05) is 30.3 Å². The Hall–Kier alpha value is -1.72. The molecule has 2 N–H and O–H groups in total. The van der Waals surface area contributed by atoms with E-state index >= 15 is 0 Å². The Kier molecular flexibility index (Phi) is 5.26. The molecule has 1 aromatic heterocycles. The van der Waals surface area contributed by atoms with E-state index in [9.17, 15) is 4.79 Å². The fraction of sp³-hybridized carbons (Fsp3) is 0.333. The van der Waals surface area contributed by atoms with Crippen LogP contribution < -0.4 is 5.73 Å². The van der Waals surface area contributed by atoms with Crippen molar-refractivity contribution in [2.75, 3.05) is 19.6 Å². The normalized spacial score (nSPS) is 10.5. The summed E-state index contributed by atoms with van der Waals surface area (Å²) in [5, 5.41) is 0. The van der Waals surface area contributed by atoms with E-state index < -0.39 is 0 Å². The van der Waals surface area contributed by atoms with E-state index in [2.05, 4.69) is 17.1 Å². The van der Waals surface area contributed by atoms with Crippen LogP contribution in [0.2, 0.25) is 0 Å². The van der Waals surface area contributed by atoms with Crippen LogP contribution in [0.4, 0.5) is 0 Å². The monoisotopic (exact) mass is 289 g/mol. The minimum Gasteiger partial charge on any atom is -0.336 e. The molecule has 0 radical (unpaired) electrons. The molecular formula is C15H19N3OS. The fourth-order valence-electron chi connectivity index (χ4n) is 2.03.